The Hall–Kier alpha value is -4.26. The molecule has 0 fully saturated rings. The summed E-state index contributed by atoms with van der Waals surface area (Å²) in [7, 11) is 0. The van der Waals surface area contributed by atoms with Crippen molar-refractivity contribution in [2.45, 2.75) is 13.1 Å². The van der Waals surface area contributed by atoms with Crippen LogP contribution in [0.5, 0.6) is 0 Å². The molecule has 3 aromatic heterocycles. The van der Waals surface area contributed by atoms with Crippen molar-refractivity contribution in [1.82, 2.24) is 25.0 Å². The monoisotopic (exact) mass is 409 g/mol. The summed E-state index contributed by atoms with van der Waals surface area (Å²) in [4.78, 5) is 21.3. The number of aromatic nitrogens is 4. The maximum atomic E-state index is 13.0. The van der Waals surface area contributed by atoms with Crippen molar-refractivity contribution in [3.63, 3.8) is 0 Å². The van der Waals surface area contributed by atoms with Crippen LogP contribution in [-0.2, 0) is 13.1 Å². The third-order valence-corrected chi connectivity index (χ3v) is 5.04. The molecule has 31 heavy (non-hydrogen) atoms. The van der Waals surface area contributed by atoms with E-state index in [2.05, 4.69) is 37.1 Å². The van der Waals surface area contributed by atoms with E-state index in [-0.39, 0.29) is 12.5 Å². The number of pyridine rings is 1. The van der Waals surface area contributed by atoms with Gasteiger partial charge in [0.1, 0.15) is 0 Å². The van der Waals surface area contributed by atoms with Gasteiger partial charge in [-0.3, -0.25) is 9.78 Å². The van der Waals surface area contributed by atoms with Crippen LogP contribution in [-0.4, -0.2) is 25.6 Å². The molecule has 152 valence electrons. The van der Waals surface area contributed by atoms with Crippen LogP contribution in [0.15, 0.2) is 89.8 Å². The van der Waals surface area contributed by atoms with Gasteiger partial charge in [-0.05, 0) is 23.8 Å². The topological polar surface area (TPSA) is 85.8 Å². The summed E-state index contributed by atoms with van der Waals surface area (Å²) < 4.78 is 7.37. The van der Waals surface area contributed by atoms with Gasteiger partial charge in [-0.2, -0.15) is 4.98 Å². The minimum atomic E-state index is -0.188. The molecule has 0 unspecified atom stereocenters. The first kappa shape index (κ1) is 18.7. The lowest BCUT2D eigenvalue weighted by Gasteiger charge is -2.05. The maximum absolute atomic E-state index is 13.0. The highest BCUT2D eigenvalue weighted by molar-refractivity contribution is 6.07. The lowest BCUT2D eigenvalue weighted by atomic mass is 10.1. The van der Waals surface area contributed by atoms with E-state index in [1.807, 2.05) is 48.7 Å². The Kier molecular flexibility index (Phi) is 4.98. The molecule has 5 aromatic rings. The van der Waals surface area contributed by atoms with Crippen LogP contribution in [0.2, 0.25) is 0 Å². The summed E-state index contributed by atoms with van der Waals surface area (Å²) in [5.41, 5.74) is 3.60. The zero-order valence-corrected chi connectivity index (χ0v) is 16.6. The van der Waals surface area contributed by atoms with Gasteiger partial charge in [0.05, 0.1) is 12.1 Å². The van der Waals surface area contributed by atoms with Gasteiger partial charge in [0, 0.05) is 41.6 Å². The quantitative estimate of drug-likeness (QED) is 0.457. The number of para-hydroxylation sites is 1. The van der Waals surface area contributed by atoms with Crippen LogP contribution in [0.3, 0.4) is 0 Å². The molecule has 0 atom stereocenters. The second kappa shape index (κ2) is 8.23. The Morgan fingerprint density at radius 3 is 2.58 bits per heavy atom. The van der Waals surface area contributed by atoms with Gasteiger partial charge in [0.25, 0.3) is 5.91 Å². The molecular weight excluding hydrogens is 390 g/mol. The zero-order chi connectivity index (χ0) is 21.0. The molecule has 7 nitrogen and oxygen atoms in total. The number of benzene rings is 2. The number of fused-ring (bicyclic) bond motifs is 1. The maximum Gasteiger partial charge on any atom is 0.253 e. The third kappa shape index (κ3) is 3.93. The lowest BCUT2D eigenvalue weighted by Crippen LogP contribution is -2.22. The van der Waals surface area contributed by atoms with E-state index >= 15 is 0 Å². The molecule has 0 bridgehead atoms. The number of hydrogen-bond acceptors (Lipinski definition) is 5. The predicted octanol–water partition coefficient (Wildman–Crippen LogP) is 4.06. The Morgan fingerprint density at radius 2 is 1.74 bits per heavy atom. The SMILES string of the molecule is O=C(NCc1nc(-c2ccncc2)no1)c1cn(Cc2ccccc2)c2ccccc12. The van der Waals surface area contributed by atoms with Gasteiger partial charge >= 0.3 is 0 Å². The number of carbonyl (C=O) groups excluding carboxylic acids is 1. The summed E-state index contributed by atoms with van der Waals surface area (Å²) in [6, 6.07) is 21.7. The molecule has 0 aliphatic rings. The predicted molar refractivity (Wildman–Crippen MR) is 116 cm³/mol. The summed E-state index contributed by atoms with van der Waals surface area (Å²) in [6.07, 6.45) is 5.22. The molecule has 1 N–H and O–H groups in total. The minimum absolute atomic E-state index is 0.148. The van der Waals surface area contributed by atoms with Crippen molar-refractivity contribution in [2.24, 2.45) is 0 Å². The van der Waals surface area contributed by atoms with Crippen molar-refractivity contribution in [3.05, 3.63) is 102 Å². The standard InChI is InChI=1S/C24H19N5O2/c30-24(26-14-22-27-23(28-31-22)18-10-12-25-13-11-18)20-16-29(15-17-6-2-1-3-7-17)21-9-5-4-8-19(20)21/h1-13,16H,14-15H2,(H,26,30). The van der Waals surface area contributed by atoms with Gasteiger partial charge in [-0.1, -0.05) is 53.7 Å². The molecule has 0 saturated carbocycles. The summed E-state index contributed by atoms with van der Waals surface area (Å²) in [6.45, 7) is 0.836. The number of amides is 1. The molecule has 2 aromatic carbocycles. The number of rotatable bonds is 6. The van der Waals surface area contributed by atoms with Gasteiger partial charge in [0.15, 0.2) is 0 Å². The molecule has 0 spiro atoms. The normalized spacial score (nSPS) is 11.0. The van der Waals surface area contributed by atoms with Crippen molar-refractivity contribution in [3.8, 4) is 11.4 Å². The molecule has 0 aliphatic heterocycles. The molecule has 5 rings (SSSR count). The fourth-order valence-corrected chi connectivity index (χ4v) is 3.53. The molecule has 0 aliphatic carbocycles. The summed E-state index contributed by atoms with van der Waals surface area (Å²) >= 11 is 0. The van der Waals surface area contributed by atoms with Crippen LogP contribution >= 0.6 is 0 Å². The van der Waals surface area contributed by atoms with Gasteiger partial charge in [0.2, 0.25) is 11.7 Å². The smallest absolute Gasteiger partial charge is 0.253 e. The Bertz CT molecular complexity index is 1330. The fraction of sp³-hybridized carbons (Fsp3) is 0.0833. The second-order valence-electron chi connectivity index (χ2n) is 7.10. The molecule has 3 heterocycles. The van der Waals surface area contributed by atoms with E-state index in [1.165, 1.54) is 5.56 Å². The lowest BCUT2D eigenvalue weighted by molar-refractivity contribution is 0.0947. The number of nitrogens with one attached hydrogen (secondary N) is 1. The zero-order valence-electron chi connectivity index (χ0n) is 16.6. The summed E-state index contributed by atoms with van der Waals surface area (Å²) in [5.74, 6) is 0.617. The van der Waals surface area contributed by atoms with Crippen molar-refractivity contribution < 1.29 is 9.32 Å². The van der Waals surface area contributed by atoms with Gasteiger partial charge in [-0.25, -0.2) is 0 Å². The van der Waals surface area contributed by atoms with Crippen LogP contribution < -0.4 is 5.32 Å². The Labute approximate surface area is 178 Å². The Morgan fingerprint density at radius 1 is 0.968 bits per heavy atom. The highest BCUT2D eigenvalue weighted by Gasteiger charge is 2.16. The largest absolute Gasteiger partial charge is 0.343 e. The van der Waals surface area contributed by atoms with Gasteiger partial charge < -0.3 is 14.4 Å². The second-order valence-corrected chi connectivity index (χ2v) is 7.10. The fourth-order valence-electron chi connectivity index (χ4n) is 3.53. The Balaban J connectivity index is 1.35. The van der Waals surface area contributed by atoms with E-state index in [4.69, 9.17) is 4.52 Å². The van der Waals surface area contributed by atoms with Crippen LogP contribution in [0.4, 0.5) is 0 Å². The molecule has 7 heteroatoms. The van der Waals surface area contributed by atoms with E-state index in [0.29, 0.717) is 23.8 Å². The minimum Gasteiger partial charge on any atom is -0.343 e. The molecule has 0 saturated heterocycles. The van der Waals surface area contributed by atoms with E-state index in [1.54, 1.807) is 24.5 Å². The highest BCUT2D eigenvalue weighted by Crippen LogP contribution is 2.23. The third-order valence-electron chi connectivity index (χ3n) is 5.04. The highest BCUT2D eigenvalue weighted by atomic mass is 16.5. The van der Waals surface area contributed by atoms with Crippen molar-refractivity contribution >= 4 is 16.8 Å². The van der Waals surface area contributed by atoms with E-state index in [0.717, 1.165) is 16.5 Å². The van der Waals surface area contributed by atoms with Crippen molar-refractivity contribution in [2.75, 3.05) is 0 Å². The molecule has 1 amide bonds. The summed E-state index contributed by atoms with van der Waals surface area (Å²) in [5, 5.41) is 7.76. The van der Waals surface area contributed by atoms with Crippen LogP contribution in [0.1, 0.15) is 21.8 Å². The van der Waals surface area contributed by atoms with Crippen molar-refractivity contribution in [1.29, 1.82) is 0 Å². The van der Waals surface area contributed by atoms with Crippen LogP contribution in [0.25, 0.3) is 22.3 Å². The average molecular weight is 409 g/mol. The van der Waals surface area contributed by atoms with Crippen LogP contribution in [0, 0.1) is 0 Å². The van der Waals surface area contributed by atoms with Gasteiger partial charge in [-0.15, -0.1) is 0 Å². The molecular formula is C24H19N5O2. The number of nitrogens with zero attached hydrogens (tertiary/aromatic N) is 4. The average Bonchev–Trinajstić information content (AvgIpc) is 3.44. The first-order chi connectivity index (χ1) is 15.3. The number of carbonyl (C=O) groups is 1. The van der Waals surface area contributed by atoms with E-state index in [9.17, 15) is 4.79 Å². The number of hydrogen-bond donors (Lipinski definition) is 1. The first-order valence-electron chi connectivity index (χ1n) is 9.91. The molecule has 0 radical (unpaired) electrons. The van der Waals surface area contributed by atoms with E-state index < -0.39 is 0 Å². The first-order valence-corrected chi connectivity index (χ1v) is 9.91.